The third-order valence-electron chi connectivity index (χ3n) is 1.12. The molecular formula is C7H10Br2N2OSi. The lowest BCUT2D eigenvalue weighted by atomic mass is 10.6. The van der Waals surface area contributed by atoms with Gasteiger partial charge in [-0.05, 0) is 51.5 Å². The van der Waals surface area contributed by atoms with E-state index in [-0.39, 0.29) is 0 Å². The molecule has 0 aliphatic carbocycles. The van der Waals surface area contributed by atoms with Gasteiger partial charge in [0.1, 0.15) is 0 Å². The molecule has 0 spiro atoms. The summed E-state index contributed by atoms with van der Waals surface area (Å²) in [6.45, 7) is 6.30. The Hall–Kier alpha value is 0.0569. The molecule has 0 atom stereocenters. The monoisotopic (exact) mass is 324 g/mol. The van der Waals surface area contributed by atoms with Gasteiger partial charge in [-0.2, -0.15) is 5.10 Å². The Labute approximate surface area is 95.3 Å². The molecule has 0 saturated carbocycles. The maximum atomic E-state index is 5.70. The highest BCUT2D eigenvalue weighted by molar-refractivity contribution is 9.13. The molecule has 0 aromatic carbocycles. The molecule has 0 N–H and O–H groups in total. The first kappa shape index (κ1) is 11.1. The second kappa shape index (κ2) is 4.06. The van der Waals surface area contributed by atoms with Crippen molar-refractivity contribution in [1.82, 2.24) is 10.2 Å². The Bertz CT molecular complexity index is 314. The standard InChI is InChI=1S/C7H10Br2N2OSi/c1-13(2,3)12-7-6(9)5(8)4-10-11-7/h4H,1-3H3. The van der Waals surface area contributed by atoms with Crippen LogP contribution >= 0.6 is 31.9 Å². The number of halogens is 2. The first-order valence-electron chi connectivity index (χ1n) is 3.76. The molecule has 72 valence electrons. The second-order valence-electron chi connectivity index (χ2n) is 3.53. The van der Waals surface area contributed by atoms with Gasteiger partial charge in [0.2, 0.25) is 14.2 Å². The molecule has 0 fully saturated rings. The summed E-state index contributed by atoms with van der Waals surface area (Å²) in [5.41, 5.74) is 0. The van der Waals surface area contributed by atoms with Crippen LogP contribution in [0, 0.1) is 0 Å². The number of rotatable bonds is 2. The molecule has 0 radical (unpaired) electrons. The van der Waals surface area contributed by atoms with Crippen molar-refractivity contribution in [3.8, 4) is 5.88 Å². The van der Waals surface area contributed by atoms with Gasteiger partial charge in [-0.15, -0.1) is 5.10 Å². The van der Waals surface area contributed by atoms with E-state index in [9.17, 15) is 0 Å². The highest BCUT2D eigenvalue weighted by Gasteiger charge is 2.19. The average Bonchev–Trinajstić information content (AvgIpc) is 1.96. The molecule has 0 aliphatic rings. The summed E-state index contributed by atoms with van der Waals surface area (Å²) >= 11 is 6.72. The quantitative estimate of drug-likeness (QED) is 0.783. The van der Waals surface area contributed by atoms with Gasteiger partial charge < -0.3 is 4.43 Å². The molecular weight excluding hydrogens is 316 g/mol. The number of hydrogen-bond donors (Lipinski definition) is 0. The molecule has 1 rings (SSSR count). The lowest BCUT2D eigenvalue weighted by Crippen LogP contribution is -2.30. The fraction of sp³-hybridized carbons (Fsp3) is 0.429. The Morgan fingerprint density at radius 2 is 1.92 bits per heavy atom. The number of nitrogens with zero attached hydrogens (tertiary/aromatic N) is 2. The van der Waals surface area contributed by atoms with Crippen LogP contribution in [-0.4, -0.2) is 18.5 Å². The van der Waals surface area contributed by atoms with E-state index in [2.05, 4.69) is 61.7 Å². The molecule has 1 aromatic rings. The normalized spacial score (nSPS) is 11.5. The van der Waals surface area contributed by atoms with Gasteiger partial charge in [-0.25, -0.2) is 0 Å². The highest BCUT2D eigenvalue weighted by Crippen LogP contribution is 2.30. The Morgan fingerprint density at radius 3 is 2.46 bits per heavy atom. The Balaban J connectivity index is 2.96. The Morgan fingerprint density at radius 1 is 1.31 bits per heavy atom. The van der Waals surface area contributed by atoms with Crippen LogP contribution < -0.4 is 4.43 Å². The predicted molar refractivity (Wildman–Crippen MR) is 61.4 cm³/mol. The van der Waals surface area contributed by atoms with Gasteiger partial charge in [0.05, 0.1) is 15.1 Å². The van der Waals surface area contributed by atoms with Crippen LogP contribution in [0.3, 0.4) is 0 Å². The minimum atomic E-state index is -1.61. The van der Waals surface area contributed by atoms with Crippen LogP contribution in [0.2, 0.25) is 19.6 Å². The smallest absolute Gasteiger partial charge is 0.244 e. The van der Waals surface area contributed by atoms with Gasteiger partial charge in [-0.3, -0.25) is 0 Å². The van der Waals surface area contributed by atoms with E-state index in [1.807, 2.05) is 0 Å². The summed E-state index contributed by atoms with van der Waals surface area (Å²) in [6, 6.07) is 0. The highest BCUT2D eigenvalue weighted by atomic mass is 79.9. The van der Waals surface area contributed by atoms with Crippen molar-refractivity contribution < 1.29 is 4.43 Å². The van der Waals surface area contributed by atoms with Crippen molar-refractivity contribution in [2.45, 2.75) is 19.6 Å². The molecule has 6 heteroatoms. The lowest BCUT2D eigenvalue weighted by molar-refractivity contribution is 0.519. The molecule has 3 nitrogen and oxygen atoms in total. The van der Waals surface area contributed by atoms with Crippen molar-refractivity contribution in [2.75, 3.05) is 0 Å². The molecule has 0 amide bonds. The summed E-state index contributed by atoms with van der Waals surface area (Å²) in [7, 11) is -1.61. The third-order valence-corrected chi connectivity index (χ3v) is 3.83. The maximum Gasteiger partial charge on any atom is 0.244 e. The first-order chi connectivity index (χ1) is 5.90. The van der Waals surface area contributed by atoms with E-state index in [1.54, 1.807) is 6.20 Å². The summed E-state index contributed by atoms with van der Waals surface area (Å²) < 4.78 is 7.38. The minimum Gasteiger partial charge on any atom is -0.530 e. The van der Waals surface area contributed by atoms with Crippen LogP contribution in [0.5, 0.6) is 5.88 Å². The summed E-state index contributed by atoms with van der Waals surface area (Å²) in [4.78, 5) is 0. The van der Waals surface area contributed by atoms with Crippen molar-refractivity contribution in [1.29, 1.82) is 0 Å². The van der Waals surface area contributed by atoms with Gasteiger partial charge in [0, 0.05) is 0 Å². The summed E-state index contributed by atoms with van der Waals surface area (Å²) in [5.74, 6) is 0.563. The fourth-order valence-corrected chi connectivity index (χ4v) is 2.09. The molecule has 0 aliphatic heterocycles. The Kier molecular flexibility index (Phi) is 3.48. The van der Waals surface area contributed by atoms with Crippen LogP contribution in [-0.2, 0) is 0 Å². The lowest BCUT2D eigenvalue weighted by Gasteiger charge is -2.18. The zero-order chi connectivity index (χ0) is 10.1. The molecule has 0 bridgehead atoms. The zero-order valence-electron chi connectivity index (χ0n) is 7.64. The molecule has 13 heavy (non-hydrogen) atoms. The van der Waals surface area contributed by atoms with Crippen LogP contribution in [0.25, 0.3) is 0 Å². The van der Waals surface area contributed by atoms with E-state index >= 15 is 0 Å². The zero-order valence-corrected chi connectivity index (χ0v) is 11.8. The van der Waals surface area contributed by atoms with Gasteiger partial charge in [0.25, 0.3) is 0 Å². The number of aromatic nitrogens is 2. The number of hydrogen-bond acceptors (Lipinski definition) is 3. The van der Waals surface area contributed by atoms with Gasteiger partial charge >= 0.3 is 0 Å². The van der Waals surface area contributed by atoms with Crippen molar-refractivity contribution >= 4 is 40.2 Å². The van der Waals surface area contributed by atoms with Crippen molar-refractivity contribution in [3.05, 3.63) is 15.1 Å². The van der Waals surface area contributed by atoms with E-state index < -0.39 is 8.32 Å². The SMILES string of the molecule is C[Si](C)(C)Oc1nncc(Br)c1Br. The van der Waals surface area contributed by atoms with Gasteiger partial charge in [-0.1, -0.05) is 0 Å². The summed E-state index contributed by atoms with van der Waals surface area (Å²) in [5, 5.41) is 7.71. The van der Waals surface area contributed by atoms with Crippen LogP contribution in [0.1, 0.15) is 0 Å². The van der Waals surface area contributed by atoms with Gasteiger partial charge in [0.15, 0.2) is 0 Å². The topological polar surface area (TPSA) is 35.0 Å². The van der Waals surface area contributed by atoms with Crippen LogP contribution in [0.4, 0.5) is 0 Å². The fourth-order valence-electron chi connectivity index (χ4n) is 0.690. The maximum absolute atomic E-state index is 5.70. The molecule has 1 heterocycles. The van der Waals surface area contributed by atoms with Crippen molar-refractivity contribution in [3.63, 3.8) is 0 Å². The summed E-state index contributed by atoms with van der Waals surface area (Å²) in [6.07, 6.45) is 1.63. The molecule has 0 saturated heterocycles. The van der Waals surface area contributed by atoms with Crippen LogP contribution in [0.15, 0.2) is 15.1 Å². The third kappa shape index (κ3) is 3.36. The average molecular weight is 326 g/mol. The van der Waals surface area contributed by atoms with E-state index in [0.717, 1.165) is 8.95 Å². The first-order valence-corrected chi connectivity index (χ1v) is 8.75. The molecule has 1 aromatic heterocycles. The molecule has 0 unspecified atom stereocenters. The predicted octanol–water partition coefficient (Wildman–Crippen LogP) is 3.22. The van der Waals surface area contributed by atoms with E-state index in [1.165, 1.54) is 0 Å². The minimum absolute atomic E-state index is 0.563. The van der Waals surface area contributed by atoms with E-state index in [4.69, 9.17) is 4.43 Å². The second-order valence-corrected chi connectivity index (χ2v) is 9.60. The van der Waals surface area contributed by atoms with Crippen molar-refractivity contribution in [2.24, 2.45) is 0 Å². The van der Waals surface area contributed by atoms with E-state index in [0.29, 0.717) is 5.88 Å². The largest absolute Gasteiger partial charge is 0.530 e.